The molecule has 3 aliphatic heterocycles. The zero-order valence-electron chi connectivity index (χ0n) is 13.2. The molecule has 0 amide bonds. The molecule has 1 aromatic rings. The number of rotatable bonds is 3. The van der Waals surface area contributed by atoms with Crippen molar-refractivity contribution in [3.8, 4) is 0 Å². The molecular formula is C16H26N4O2. The van der Waals surface area contributed by atoms with Crippen LogP contribution in [0.3, 0.4) is 0 Å². The predicted molar refractivity (Wildman–Crippen MR) is 82.6 cm³/mol. The number of aromatic nitrogens is 2. The first-order chi connectivity index (χ1) is 10.8. The van der Waals surface area contributed by atoms with Crippen LogP contribution in [0.25, 0.3) is 0 Å². The fourth-order valence-corrected chi connectivity index (χ4v) is 4.08. The topological polar surface area (TPSA) is 53.6 Å². The third kappa shape index (κ3) is 3.06. The first kappa shape index (κ1) is 14.6. The summed E-state index contributed by atoms with van der Waals surface area (Å²) in [7, 11) is 0. The molecule has 1 N–H and O–H groups in total. The summed E-state index contributed by atoms with van der Waals surface area (Å²) in [6.07, 6.45) is 7.19. The number of ether oxygens (including phenoxy) is 2. The summed E-state index contributed by atoms with van der Waals surface area (Å²) in [5.41, 5.74) is 1.34. The van der Waals surface area contributed by atoms with Crippen molar-refractivity contribution >= 4 is 0 Å². The Hall–Kier alpha value is -0.950. The number of nitrogens with one attached hydrogen (secondary N) is 1. The van der Waals surface area contributed by atoms with Crippen LogP contribution in [0.15, 0.2) is 12.5 Å². The normalized spacial score (nSPS) is 30.1. The molecule has 6 nitrogen and oxygen atoms in total. The van der Waals surface area contributed by atoms with Gasteiger partial charge < -0.3 is 14.5 Å². The van der Waals surface area contributed by atoms with Crippen LogP contribution in [0.4, 0.5) is 0 Å². The van der Waals surface area contributed by atoms with Crippen molar-refractivity contribution < 1.29 is 9.47 Å². The number of piperidine rings is 1. The monoisotopic (exact) mass is 306 g/mol. The summed E-state index contributed by atoms with van der Waals surface area (Å²) in [4.78, 5) is 12.4. The lowest BCUT2D eigenvalue weighted by atomic mass is 9.87. The van der Waals surface area contributed by atoms with E-state index in [-0.39, 0.29) is 5.60 Å². The molecule has 0 aromatic carbocycles. The Morgan fingerprint density at radius 1 is 1.23 bits per heavy atom. The standard InChI is InChI=1S/C16H26N4O2/c1-3-19(11-14-10-17-13-18-14)4-2-16(1)9-15(12-22-16)20-5-7-21-8-6-20/h10,13,15H,1-9,11-12H2,(H,17,18)/t15-/m0/s1. The average molecular weight is 306 g/mol. The second-order valence-corrected chi connectivity index (χ2v) is 6.85. The third-order valence-electron chi connectivity index (χ3n) is 5.47. The molecule has 22 heavy (non-hydrogen) atoms. The molecule has 4 heterocycles. The molecule has 6 heteroatoms. The maximum atomic E-state index is 6.30. The van der Waals surface area contributed by atoms with Gasteiger partial charge in [0.15, 0.2) is 0 Å². The van der Waals surface area contributed by atoms with Crippen LogP contribution >= 0.6 is 0 Å². The molecule has 1 atom stereocenters. The van der Waals surface area contributed by atoms with Gasteiger partial charge in [0.05, 0.1) is 31.7 Å². The molecule has 1 aromatic heterocycles. The highest BCUT2D eigenvalue weighted by molar-refractivity contribution is 4.99. The lowest BCUT2D eigenvalue weighted by Crippen LogP contribution is -2.46. The van der Waals surface area contributed by atoms with Crippen LogP contribution in [-0.2, 0) is 16.0 Å². The molecule has 1 spiro atoms. The third-order valence-corrected chi connectivity index (χ3v) is 5.47. The van der Waals surface area contributed by atoms with Crippen LogP contribution in [0.5, 0.6) is 0 Å². The van der Waals surface area contributed by atoms with Gasteiger partial charge in [-0.1, -0.05) is 0 Å². The fourth-order valence-electron chi connectivity index (χ4n) is 4.08. The first-order valence-electron chi connectivity index (χ1n) is 8.48. The smallest absolute Gasteiger partial charge is 0.0922 e. The van der Waals surface area contributed by atoms with E-state index in [2.05, 4.69) is 19.8 Å². The van der Waals surface area contributed by atoms with E-state index in [0.29, 0.717) is 6.04 Å². The molecule has 0 aliphatic carbocycles. The van der Waals surface area contributed by atoms with Gasteiger partial charge in [0.1, 0.15) is 0 Å². The van der Waals surface area contributed by atoms with E-state index in [1.165, 1.54) is 12.1 Å². The largest absolute Gasteiger partial charge is 0.379 e. The molecule has 122 valence electrons. The number of H-pyrrole nitrogens is 1. The van der Waals surface area contributed by atoms with E-state index in [1.54, 1.807) is 6.33 Å². The van der Waals surface area contributed by atoms with Crippen LogP contribution in [0.1, 0.15) is 25.0 Å². The summed E-state index contributed by atoms with van der Waals surface area (Å²) >= 11 is 0. The van der Waals surface area contributed by atoms with Gasteiger partial charge in [0.25, 0.3) is 0 Å². The van der Waals surface area contributed by atoms with E-state index in [0.717, 1.165) is 65.4 Å². The number of morpholine rings is 1. The van der Waals surface area contributed by atoms with Crippen molar-refractivity contribution in [2.45, 2.75) is 37.5 Å². The van der Waals surface area contributed by atoms with Gasteiger partial charge in [-0.2, -0.15) is 0 Å². The quantitative estimate of drug-likeness (QED) is 0.898. The SMILES string of the molecule is c1ncc(CN2CCC3(CC2)C[C@H](N2CCOCC2)CO3)[nH]1. The molecule has 4 rings (SSSR count). The second-order valence-electron chi connectivity index (χ2n) is 6.85. The Balaban J connectivity index is 1.29. The van der Waals surface area contributed by atoms with Gasteiger partial charge in [-0.25, -0.2) is 4.98 Å². The number of nitrogens with zero attached hydrogens (tertiary/aromatic N) is 3. The minimum atomic E-state index is 0.132. The lowest BCUT2D eigenvalue weighted by molar-refractivity contribution is -0.0460. The van der Waals surface area contributed by atoms with Crippen molar-refractivity contribution in [1.29, 1.82) is 0 Å². The molecular weight excluding hydrogens is 280 g/mol. The van der Waals surface area contributed by atoms with E-state index in [4.69, 9.17) is 9.47 Å². The van der Waals surface area contributed by atoms with Gasteiger partial charge in [0.2, 0.25) is 0 Å². The molecule has 3 fully saturated rings. The van der Waals surface area contributed by atoms with Gasteiger partial charge in [-0.05, 0) is 19.3 Å². The Labute approximate surface area is 131 Å². The molecule has 0 unspecified atom stereocenters. The summed E-state index contributed by atoms with van der Waals surface area (Å²) in [5.74, 6) is 0. The Morgan fingerprint density at radius 3 is 2.77 bits per heavy atom. The molecule has 0 radical (unpaired) electrons. The van der Waals surface area contributed by atoms with Gasteiger partial charge in [0, 0.05) is 50.7 Å². The maximum absolute atomic E-state index is 6.30. The molecule has 3 saturated heterocycles. The second kappa shape index (κ2) is 6.28. The van der Waals surface area contributed by atoms with Crippen molar-refractivity contribution in [2.75, 3.05) is 46.0 Å². The van der Waals surface area contributed by atoms with Gasteiger partial charge in [-0.3, -0.25) is 9.80 Å². The van der Waals surface area contributed by atoms with Crippen molar-refractivity contribution in [3.63, 3.8) is 0 Å². The van der Waals surface area contributed by atoms with Gasteiger partial charge in [-0.15, -0.1) is 0 Å². The molecule has 3 aliphatic rings. The minimum absolute atomic E-state index is 0.132. The minimum Gasteiger partial charge on any atom is -0.379 e. The zero-order valence-corrected chi connectivity index (χ0v) is 13.2. The average Bonchev–Trinajstić information content (AvgIpc) is 3.21. The first-order valence-corrected chi connectivity index (χ1v) is 8.48. The summed E-state index contributed by atoms with van der Waals surface area (Å²) in [6, 6.07) is 0.600. The van der Waals surface area contributed by atoms with Crippen molar-refractivity contribution in [3.05, 3.63) is 18.2 Å². The Morgan fingerprint density at radius 2 is 2.05 bits per heavy atom. The number of hydrogen-bond acceptors (Lipinski definition) is 5. The molecule has 0 bridgehead atoms. The zero-order chi connectivity index (χ0) is 14.8. The van der Waals surface area contributed by atoms with E-state index in [9.17, 15) is 0 Å². The highest BCUT2D eigenvalue weighted by Crippen LogP contribution is 2.38. The van der Waals surface area contributed by atoms with E-state index in [1.807, 2.05) is 6.20 Å². The van der Waals surface area contributed by atoms with Crippen molar-refractivity contribution in [1.82, 2.24) is 19.8 Å². The number of hydrogen-bond donors (Lipinski definition) is 1. The maximum Gasteiger partial charge on any atom is 0.0922 e. The number of imidazole rings is 1. The predicted octanol–water partition coefficient (Wildman–Crippen LogP) is 0.865. The highest BCUT2D eigenvalue weighted by atomic mass is 16.5. The molecule has 0 saturated carbocycles. The summed E-state index contributed by atoms with van der Waals surface area (Å²) in [6.45, 7) is 8.00. The number of aromatic amines is 1. The number of likely N-dealkylation sites (tertiary alicyclic amines) is 1. The Kier molecular flexibility index (Phi) is 4.17. The van der Waals surface area contributed by atoms with Crippen LogP contribution < -0.4 is 0 Å². The van der Waals surface area contributed by atoms with Gasteiger partial charge >= 0.3 is 0 Å². The van der Waals surface area contributed by atoms with Crippen LogP contribution in [0.2, 0.25) is 0 Å². The van der Waals surface area contributed by atoms with Crippen molar-refractivity contribution in [2.24, 2.45) is 0 Å². The van der Waals surface area contributed by atoms with E-state index < -0.39 is 0 Å². The van der Waals surface area contributed by atoms with Crippen LogP contribution in [0, 0.1) is 0 Å². The van der Waals surface area contributed by atoms with Crippen LogP contribution in [-0.4, -0.2) is 77.4 Å². The van der Waals surface area contributed by atoms with E-state index >= 15 is 0 Å². The summed E-state index contributed by atoms with van der Waals surface area (Å²) < 4.78 is 11.8. The summed E-state index contributed by atoms with van der Waals surface area (Å²) in [5, 5.41) is 0. The lowest BCUT2D eigenvalue weighted by Gasteiger charge is -2.39. The highest BCUT2D eigenvalue weighted by Gasteiger charge is 2.44. The fraction of sp³-hybridized carbons (Fsp3) is 0.812. The Bertz CT molecular complexity index is 465.